The van der Waals surface area contributed by atoms with Crippen molar-refractivity contribution in [2.45, 2.75) is 19.6 Å². The number of thiocarbonyl (C=S) groups is 1. The van der Waals surface area contributed by atoms with Crippen molar-refractivity contribution in [2.75, 3.05) is 0 Å². The van der Waals surface area contributed by atoms with Crippen molar-refractivity contribution in [2.24, 2.45) is 11.7 Å². The first-order valence-electron chi connectivity index (χ1n) is 5.45. The Balaban J connectivity index is 2.60. The largest absolute Gasteiger partial charge is 0.416 e. The quantitative estimate of drug-likeness (QED) is 0.836. The second kappa shape index (κ2) is 6.01. The molecule has 19 heavy (non-hydrogen) atoms. The summed E-state index contributed by atoms with van der Waals surface area (Å²) in [6.07, 6.45) is -4.36. The highest BCUT2D eigenvalue weighted by Gasteiger charge is 2.29. The lowest BCUT2D eigenvalue weighted by Crippen LogP contribution is -2.35. The third-order valence-corrected chi connectivity index (χ3v) is 2.92. The van der Waals surface area contributed by atoms with Gasteiger partial charge in [-0.15, -0.1) is 0 Å². The van der Waals surface area contributed by atoms with Gasteiger partial charge in [0.25, 0.3) is 0 Å². The zero-order chi connectivity index (χ0) is 14.6. The van der Waals surface area contributed by atoms with Crippen LogP contribution in [0.15, 0.2) is 24.3 Å². The standard InChI is InChI=1S/C12H13F3N2OS/c1-7(10(16)19)11(18)17-6-8-2-4-9(5-3-8)12(13,14)15/h2-5,7H,6H2,1H3,(H2,16,19)(H,17,18). The van der Waals surface area contributed by atoms with E-state index in [2.05, 4.69) is 17.5 Å². The SMILES string of the molecule is CC(C(=O)NCc1ccc(C(F)(F)F)cc1)C(N)=S. The van der Waals surface area contributed by atoms with Crippen molar-refractivity contribution in [1.82, 2.24) is 5.32 Å². The van der Waals surface area contributed by atoms with Crippen LogP contribution in [0.1, 0.15) is 18.1 Å². The molecule has 0 bridgehead atoms. The lowest BCUT2D eigenvalue weighted by Gasteiger charge is -2.11. The van der Waals surface area contributed by atoms with Crippen molar-refractivity contribution in [3.63, 3.8) is 0 Å². The number of hydrogen-bond donors (Lipinski definition) is 2. The maximum Gasteiger partial charge on any atom is 0.416 e. The molecule has 1 rings (SSSR count). The molecule has 0 aliphatic rings. The Morgan fingerprint density at radius 3 is 2.32 bits per heavy atom. The van der Waals surface area contributed by atoms with Crippen molar-refractivity contribution in [3.8, 4) is 0 Å². The number of alkyl halides is 3. The minimum Gasteiger partial charge on any atom is -0.393 e. The second-order valence-electron chi connectivity index (χ2n) is 4.04. The maximum absolute atomic E-state index is 12.3. The zero-order valence-corrected chi connectivity index (χ0v) is 10.9. The topological polar surface area (TPSA) is 55.1 Å². The van der Waals surface area contributed by atoms with E-state index in [1.54, 1.807) is 6.92 Å². The van der Waals surface area contributed by atoms with Gasteiger partial charge in [0.15, 0.2) is 0 Å². The Labute approximate surface area is 114 Å². The van der Waals surface area contributed by atoms with Gasteiger partial charge in [-0.2, -0.15) is 13.2 Å². The van der Waals surface area contributed by atoms with Gasteiger partial charge in [-0.1, -0.05) is 24.4 Å². The molecule has 0 saturated heterocycles. The van der Waals surface area contributed by atoms with Gasteiger partial charge in [-0.25, -0.2) is 0 Å². The molecule has 1 aromatic rings. The zero-order valence-electron chi connectivity index (χ0n) is 10.1. The van der Waals surface area contributed by atoms with E-state index in [9.17, 15) is 18.0 Å². The Morgan fingerprint density at radius 1 is 1.37 bits per heavy atom. The second-order valence-corrected chi connectivity index (χ2v) is 4.51. The molecular formula is C12H13F3N2OS. The predicted octanol–water partition coefficient (Wildman–Crippen LogP) is 2.24. The predicted molar refractivity (Wildman–Crippen MR) is 69.2 cm³/mol. The minimum atomic E-state index is -4.36. The number of halogens is 3. The lowest BCUT2D eigenvalue weighted by atomic mass is 10.1. The van der Waals surface area contributed by atoms with Crippen LogP contribution in [0.5, 0.6) is 0 Å². The van der Waals surface area contributed by atoms with Crippen LogP contribution >= 0.6 is 12.2 Å². The number of nitrogens with one attached hydrogen (secondary N) is 1. The summed E-state index contributed by atoms with van der Waals surface area (Å²) in [4.78, 5) is 11.6. The summed E-state index contributed by atoms with van der Waals surface area (Å²) in [7, 11) is 0. The van der Waals surface area contributed by atoms with Gasteiger partial charge in [0.1, 0.15) is 0 Å². The van der Waals surface area contributed by atoms with Crippen LogP contribution in [0.4, 0.5) is 13.2 Å². The van der Waals surface area contributed by atoms with Crippen LogP contribution < -0.4 is 11.1 Å². The number of benzene rings is 1. The molecule has 0 aliphatic heterocycles. The summed E-state index contributed by atoms with van der Waals surface area (Å²) in [5.74, 6) is -0.961. The summed E-state index contributed by atoms with van der Waals surface area (Å²) in [6.45, 7) is 1.69. The first kappa shape index (κ1) is 15.4. The third kappa shape index (κ3) is 4.51. The molecule has 0 aliphatic carbocycles. The Hall–Kier alpha value is -1.63. The highest BCUT2D eigenvalue weighted by Crippen LogP contribution is 2.28. The van der Waals surface area contributed by atoms with Crippen molar-refractivity contribution < 1.29 is 18.0 Å². The fourth-order valence-corrected chi connectivity index (χ4v) is 1.39. The molecule has 0 fully saturated rings. The fourth-order valence-electron chi connectivity index (χ4n) is 1.28. The van der Waals surface area contributed by atoms with Gasteiger partial charge in [0.2, 0.25) is 5.91 Å². The summed E-state index contributed by atoms with van der Waals surface area (Å²) in [5.41, 5.74) is 5.16. The van der Waals surface area contributed by atoms with E-state index in [-0.39, 0.29) is 17.4 Å². The molecule has 3 nitrogen and oxygen atoms in total. The molecule has 104 valence electrons. The maximum atomic E-state index is 12.3. The molecule has 3 N–H and O–H groups in total. The van der Waals surface area contributed by atoms with E-state index in [1.807, 2.05) is 0 Å². The smallest absolute Gasteiger partial charge is 0.393 e. The summed E-state index contributed by atoms with van der Waals surface area (Å²) >= 11 is 4.68. The highest BCUT2D eigenvalue weighted by molar-refractivity contribution is 7.80. The van der Waals surface area contributed by atoms with Crippen molar-refractivity contribution in [3.05, 3.63) is 35.4 Å². The van der Waals surface area contributed by atoms with Crippen molar-refractivity contribution >= 4 is 23.1 Å². The molecule has 1 unspecified atom stereocenters. The molecule has 7 heteroatoms. The summed E-state index contributed by atoms with van der Waals surface area (Å²) in [6, 6.07) is 4.57. The van der Waals surface area contributed by atoms with Gasteiger partial charge in [0, 0.05) is 6.54 Å². The molecule has 1 amide bonds. The molecule has 1 aromatic carbocycles. The van der Waals surface area contributed by atoms with E-state index < -0.39 is 17.7 Å². The van der Waals surface area contributed by atoms with Crippen LogP contribution in [0.2, 0.25) is 0 Å². The van der Waals surface area contributed by atoms with Crippen LogP contribution in [0, 0.1) is 5.92 Å². The van der Waals surface area contributed by atoms with E-state index in [4.69, 9.17) is 5.73 Å². The van der Waals surface area contributed by atoms with Crippen LogP contribution in [0.3, 0.4) is 0 Å². The minimum absolute atomic E-state index is 0.0740. The molecule has 0 heterocycles. The van der Waals surface area contributed by atoms with Crippen LogP contribution in [-0.4, -0.2) is 10.9 Å². The third-order valence-electron chi connectivity index (χ3n) is 2.57. The van der Waals surface area contributed by atoms with Gasteiger partial charge < -0.3 is 11.1 Å². The fraction of sp³-hybridized carbons (Fsp3) is 0.333. The van der Waals surface area contributed by atoms with E-state index in [1.165, 1.54) is 12.1 Å². The average molecular weight is 290 g/mol. The number of carbonyl (C=O) groups excluding carboxylic acids is 1. The Bertz CT molecular complexity index is 471. The first-order valence-corrected chi connectivity index (χ1v) is 5.86. The normalized spacial score (nSPS) is 12.8. The number of nitrogens with two attached hydrogens (primary N) is 1. The van der Waals surface area contributed by atoms with Crippen molar-refractivity contribution in [1.29, 1.82) is 0 Å². The van der Waals surface area contributed by atoms with Gasteiger partial charge >= 0.3 is 6.18 Å². The average Bonchev–Trinajstić information content (AvgIpc) is 2.34. The number of amides is 1. The highest BCUT2D eigenvalue weighted by atomic mass is 32.1. The van der Waals surface area contributed by atoms with Crippen LogP contribution in [-0.2, 0) is 17.5 Å². The Morgan fingerprint density at radius 2 is 1.89 bits per heavy atom. The molecule has 0 saturated carbocycles. The van der Waals surface area contributed by atoms with E-state index in [0.717, 1.165) is 12.1 Å². The summed E-state index contributed by atoms with van der Waals surface area (Å²) in [5, 5.41) is 2.55. The number of carbonyl (C=O) groups is 1. The molecule has 0 radical (unpaired) electrons. The van der Waals surface area contributed by atoms with E-state index in [0.29, 0.717) is 5.56 Å². The van der Waals surface area contributed by atoms with Crippen LogP contribution in [0.25, 0.3) is 0 Å². The summed E-state index contributed by atoms with van der Waals surface area (Å²) < 4.78 is 37.0. The number of rotatable bonds is 4. The van der Waals surface area contributed by atoms with E-state index >= 15 is 0 Å². The molecule has 1 atom stereocenters. The van der Waals surface area contributed by atoms with Gasteiger partial charge in [-0.3, -0.25) is 4.79 Å². The monoisotopic (exact) mass is 290 g/mol. The Kier molecular flexibility index (Phi) is 4.88. The lowest BCUT2D eigenvalue weighted by molar-refractivity contribution is -0.137. The molecule has 0 spiro atoms. The van der Waals surface area contributed by atoms with Gasteiger partial charge in [-0.05, 0) is 24.6 Å². The number of hydrogen-bond acceptors (Lipinski definition) is 2. The first-order chi connectivity index (χ1) is 8.71. The van der Waals surface area contributed by atoms with Gasteiger partial charge in [0.05, 0.1) is 16.5 Å². The molecular weight excluding hydrogens is 277 g/mol. The molecule has 0 aromatic heterocycles.